The van der Waals surface area contributed by atoms with Gasteiger partial charge in [-0.2, -0.15) is 0 Å². The smallest absolute Gasteiger partial charge is 0.313 e. The van der Waals surface area contributed by atoms with Gasteiger partial charge in [0, 0.05) is 25.0 Å². The summed E-state index contributed by atoms with van der Waals surface area (Å²) in [5, 5.41) is 3.27. The van der Waals surface area contributed by atoms with Crippen molar-refractivity contribution < 1.29 is 4.74 Å². The predicted molar refractivity (Wildman–Crippen MR) is 74.5 cm³/mol. The highest BCUT2D eigenvalue weighted by atomic mass is 16.5. The lowest BCUT2D eigenvalue weighted by atomic mass is 9.92. The number of aromatic nitrogens is 2. The number of aryl methyl sites for hydroxylation is 1. The van der Waals surface area contributed by atoms with Crippen LogP contribution in [-0.4, -0.2) is 28.7 Å². The van der Waals surface area contributed by atoms with Crippen LogP contribution in [0.1, 0.15) is 39.0 Å². The molecule has 0 bridgehead atoms. The first-order chi connectivity index (χ1) is 9.26. The Kier molecular flexibility index (Phi) is 4.96. The van der Waals surface area contributed by atoms with E-state index >= 15 is 0 Å². The summed E-state index contributed by atoms with van der Waals surface area (Å²) in [5.41, 5.74) is -0.121. The van der Waals surface area contributed by atoms with Crippen LogP contribution >= 0.6 is 0 Å². The van der Waals surface area contributed by atoms with Gasteiger partial charge in [0.2, 0.25) is 0 Å². The zero-order chi connectivity index (χ0) is 13.7. The summed E-state index contributed by atoms with van der Waals surface area (Å²) in [5.74, 6) is 0.239. The van der Waals surface area contributed by atoms with Crippen molar-refractivity contribution in [3.05, 3.63) is 22.7 Å². The third-order valence-electron chi connectivity index (χ3n) is 3.68. The lowest BCUT2D eigenvalue weighted by molar-refractivity contribution is 0.110. The highest BCUT2D eigenvalue weighted by molar-refractivity contribution is 5.06. The average Bonchev–Trinajstić information content (AvgIpc) is 2.44. The van der Waals surface area contributed by atoms with Crippen LogP contribution in [0.4, 0.5) is 0 Å². The zero-order valence-corrected chi connectivity index (χ0v) is 11.8. The summed E-state index contributed by atoms with van der Waals surface area (Å²) in [4.78, 5) is 16.3. The first-order valence-corrected chi connectivity index (χ1v) is 7.15. The minimum atomic E-state index is -0.121. The molecule has 2 rings (SSSR count). The molecular formula is C14H23N3O2. The van der Waals surface area contributed by atoms with Crippen molar-refractivity contribution in [3.63, 3.8) is 0 Å². The molecule has 0 aliphatic heterocycles. The highest BCUT2D eigenvalue weighted by Crippen LogP contribution is 2.21. The van der Waals surface area contributed by atoms with Gasteiger partial charge in [-0.25, -0.2) is 4.98 Å². The van der Waals surface area contributed by atoms with E-state index in [1.807, 2.05) is 14.0 Å². The monoisotopic (exact) mass is 265 g/mol. The van der Waals surface area contributed by atoms with Crippen molar-refractivity contribution in [2.45, 2.75) is 57.7 Å². The van der Waals surface area contributed by atoms with E-state index in [1.54, 1.807) is 17.0 Å². The molecule has 2 atom stereocenters. The van der Waals surface area contributed by atoms with E-state index < -0.39 is 0 Å². The maximum atomic E-state index is 12.2. The van der Waals surface area contributed by atoms with Crippen molar-refractivity contribution >= 4 is 0 Å². The second-order valence-electron chi connectivity index (χ2n) is 5.07. The zero-order valence-electron chi connectivity index (χ0n) is 11.8. The molecule has 2 unspecified atom stereocenters. The molecule has 1 fully saturated rings. The number of likely N-dealkylation sites (N-methyl/N-ethyl adjacent to an activating group) is 1. The molecule has 1 saturated carbocycles. The molecule has 1 N–H and O–H groups in total. The number of hydrogen-bond donors (Lipinski definition) is 1. The molecule has 0 aromatic carbocycles. The number of rotatable bonds is 5. The van der Waals surface area contributed by atoms with Gasteiger partial charge in [0.1, 0.15) is 6.10 Å². The molecular weight excluding hydrogens is 242 g/mol. The topological polar surface area (TPSA) is 56.1 Å². The molecule has 1 aromatic heterocycles. The Morgan fingerprint density at radius 3 is 3.00 bits per heavy atom. The van der Waals surface area contributed by atoms with Gasteiger partial charge >= 0.3 is 5.56 Å². The molecule has 19 heavy (non-hydrogen) atoms. The van der Waals surface area contributed by atoms with Crippen LogP contribution in [0.2, 0.25) is 0 Å². The summed E-state index contributed by atoms with van der Waals surface area (Å²) in [6.07, 6.45) is 8.78. The lowest BCUT2D eigenvalue weighted by Gasteiger charge is -2.30. The molecule has 1 aliphatic carbocycles. The van der Waals surface area contributed by atoms with Crippen molar-refractivity contribution in [1.82, 2.24) is 14.9 Å². The summed E-state index contributed by atoms with van der Waals surface area (Å²) in [6, 6.07) is 0.315. The van der Waals surface area contributed by atoms with E-state index in [-0.39, 0.29) is 17.5 Å². The van der Waals surface area contributed by atoms with Gasteiger partial charge in [0.15, 0.2) is 0 Å². The number of nitrogens with one attached hydrogen (secondary N) is 1. The summed E-state index contributed by atoms with van der Waals surface area (Å²) < 4.78 is 7.54. The molecule has 0 spiro atoms. The molecule has 106 valence electrons. The van der Waals surface area contributed by atoms with Gasteiger partial charge < -0.3 is 14.6 Å². The molecule has 0 amide bonds. The Labute approximate surface area is 114 Å². The fraction of sp³-hybridized carbons (Fsp3) is 0.714. The summed E-state index contributed by atoms with van der Waals surface area (Å²) in [7, 11) is 1.94. The summed E-state index contributed by atoms with van der Waals surface area (Å²) in [6.45, 7) is 2.75. The van der Waals surface area contributed by atoms with Gasteiger partial charge in [0.25, 0.3) is 5.88 Å². The molecule has 0 radical (unpaired) electrons. The average molecular weight is 265 g/mol. The fourth-order valence-corrected chi connectivity index (χ4v) is 2.64. The van der Waals surface area contributed by atoms with Crippen LogP contribution in [0.25, 0.3) is 0 Å². The Hall–Kier alpha value is -1.36. The van der Waals surface area contributed by atoms with Crippen LogP contribution in [-0.2, 0) is 6.54 Å². The number of ether oxygens (including phenoxy) is 1. The highest BCUT2D eigenvalue weighted by Gasteiger charge is 2.26. The Bertz CT molecular complexity index is 458. The first kappa shape index (κ1) is 14.1. The first-order valence-electron chi connectivity index (χ1n) is 7.15. The third-order valence-corrected chi connectivity index (χ3v) is 3.68. The molecule has 0 saturated heterocycles. The molecule has 5 heteroatoms. The Morgan fingerprint density at radius 2 is 2.26 bits per heavy atom. The molecule has 1 heterocycles. The van der Waals surface area contributed by atoms with Crippen LogP contribution in [0.3, 0.4) is 0 Å². The third kappa shape index (κ3) is 3.35. The van der Waals surface area contributed by atoms with E-state index in [9.17, 15) is 4.79 Å². The van der Waals surface area contributed by atoms with Gasteiger partial charge in [-0.1, -0.05) is 13.3 Å². The van der Waals surface area contributed by atoms with Crippen LogP contribution in [0.5, 0.6) is 5.88 Å². The van der Waals surface area contributed by atoms with E-state index in [2.05, 4.69) is 10.3 Å². The van der Waals surface area contributed by atoms with Crippen LogP contribution < -0.4 is 15.6 Å². The van der Waals surface area contributed by atoms with Crippen molar-refractivity contribution in [2.75, 3.05) is 7.05 Å². The van der Waals surface area contributed by atoms with Crippen LogP contribution in [0, 0.1) is 0 Å². The van der Waals surface area contributed by atoms with Crippen molar-refractivity contribution in [1.29, 1.82) is 0 Å². The van der Waals surface area contributed by atoms with E-state index in [0.29, 0.717) is 12.6 Å². The quantitative estimate of drug-likeness (QED) is 0.878. The minimum Gasteiger partial charge on any atom is -0.469 e. The van der Waals surface area contributed by atoms with Crippen LogP contribution in [0.15, 0.2) is 17.2 Å². The van der Waals surface area contributed by atoms with Gasteiger partial charge in [-0.05, 0) is 32.7 Å². The summed E-state index contributed by atoms with van der Waals surface area (Å²) >= 11 is 0. The lowest BCUT2D eigenvalue weighted by Crippen LogP contribution is -2.44. The van der Waals surface area contributed by atoms with Gasteiger partial charge in [-0.3, -0.25) is 4.79 Å². The molecule has 1 aromatic rings. The standard InChI is InChI=1S/C14H23N3O2/c1-3-9-17-10-8-16-13(14(17)18)19-12-7-5-4-6-11(12)15-2/h8,10-12,15H,3-7,9H2,1-2H3. The fourth-order valence-electron chi connectivity index (χ4n) is 2.64. The second-order valence-corrected chi connectivity index (χ2v) is 5.07. The SMILES string of the molecule is CCCn1ccnc(OC2CCCCC2NC)c1=O. The van der Waals surface area contributed by atoms with E-state index in [1.165, 1.54) is 6.42 Å². The maximum absolute atomic E-state index is 12.2. The van der Waals surface area contributed by atoms with Crippen molar-refractivity contribution in [3.8, 4) is 5.88 Å². The minimum absolute atomic E-state index is 0.0522. The number of nitrogens with zero attached hydrogens (tertiary/aromatic N) is 2. The van der Waals surface area contributed by atoms with E-state index in [0.717, 1.165) is 25.7 Å². The maximum Gasteiger partial charge on any atom is 0.313 e. The van der Waals surface area contributed by atoms with Gasteiger partial charge in [-0.15, -0.1) is 0 Å². The Balaban J connectivity index is 2.13. The van der Waals surface area contributed by atoms with Crippen molar-refractivity contribution in [2.24, 2.45) is 0 Å². The molecule has 5 nitrogen and oxygen atoms in total. The second kappa shape index (κ2) is 6.70. The largest absolute Gasteiger partial charge is 0.469 e. The molecule has 1 aliphatic rings. The Morgan fingerprint density at radius 1 is 1.47 bits per heavy atom. The number of hydrogen-bond acceptors (Lipinski definition) is 4. The van der Waals surface area contributed by atoms with Gasteiger partial charge in [0.05, 0.1) is 0 Å². The van der Waals surface area contributed by atoms with E-state index in [4.69, 9.17) is 4.74 Å². The normalized spacial score (nSPS) is 23.3. The predicted octanol–water partition coefficient (Wildman–Crippen LogP) is 1.56.